The van der Waals surface area contributed by atoms with Crippen molar-refractivity contribution in [1.29, 1.82) is 0 Å². The van der Waals surface area contributed by atoms with Crippen molar-refractivity contribution in [1.82, 2.24) is 19.5 Å². The molecule has 130 valence electrons. The monoisotopic (exact) mass is 362 g/mol. The topological polar surface area (TPSA) is 52.8 Å². The Morgan fingerprint density at radius 3 is 2.69 bits per heavy atom. The molecule has 0 bridgehead atoms. The Bertz CT molecular complexity index is 1050. The third kappa shape index (κ3) is 3.15. The molecule has 0 atom stereocenters. The van der Waals surface area contributed by atoms with Crippen molar-refractivity contribution in [3.63, 3.8) is 0 Å². The molecule has 5 nitrogen and oxygen atoms in total. The van der Waals surface area contributed by atoms with E-state index in [-0.39, 0.29) is 0 Å². The third-order valence-electron chi connectivity index (χ3n) is 4.18. The Morgan fingerprint density at radius 2 is 1.88 bits per heavy atom. The van der Waals surface area contributed by atoms with Crippen molar-refractivity contribution < 1.29 is 4.74 Å². The summed E-state index contributed by atoms with van der Waals surface area (Å²) in [7, 11) is 3.66. The first-order valence-electron chi connectivity index (χ1n) is 8.25. The minimum Gasteiger partial charge on any atom is -0.497 e. The van der Waals surface area contributed by atoms with Gasteiger partial charge in [0.1, 0.15) is 28.4 Å². The lowest BCUT2D eigenvalue weighted by Gasteiger charge is -2.06. The van der Waals surface area contributed by atoms with Crippen LogP contribution in [0.1, 0.15) is 5.56 Å². The van der Waals surface area contributed by atoms with E-state index in [0.29, 0.717) is 5.65 Å². The van der Waals surface area contributed by atoms with Gasteiger partial charge in [-0.3, -0.25) is 0 Å². The van der Waals surface area contributed by atoms with E-state index in [1.165, 1.54) is 5.56 Å². The molecule has 0 aliphatic heterocycles. The van der Waals surface area contributed by atoms with Gasteiger partial charge < -0.3 is 9.30 Å². The number of hydrogen-bond acceptors (Lipinski definition) is 5. The van der Waals surface area contributed by atoms with Crippen LogP contribution in [0.2, 0.25) is 0 Å². The highest BCUT2D eigenvalue weighted by molar-refractivity contribution is 7.98. The lowest BCUT2D eigenvalue weighted by molar-refractivity contribution is 0.415. The average molecular weight is 362 g/mol. The zero-order valence-electron chi connectivity index (χ0n) is 14.6. The van der Waals surface area contributed by atoms with Crippen LogP contribution in [0.25, 0.3) is 22.6 Å². The second-order valence-corrected chi connectivity index (χ2v) is 6.82. The van der Waals surface area contributed by atoms with Crippen LogP contribution in [0.3, 0.4) is 0 Å². The zero-order valence-corrected chi connectivity index (χ0v) is 15.4. The summed E-state index contributed by atoms with van der Waals surface area (Å²) in [5.74, 6) is 2.51. The number of fused-ring (bicyclic) bond motifs is 1. The molecule has 0 saturated carbocycles. The van der Waals surface area contributed by atoms with Crippen LogP contribution < -0.4 is 4.74 Å². The summed E-state index contributed by atoms with van der Waals surface area (Å²) in [5.41, 5.74) is 3.91. The molecule has 6 heteroatoms. The van der Waals surface area contributed by atoms with Gasteiger partial charge in [0, 0.05) is 18.4 Å². The maximum absolute atomic E-state index is 5.33. The normalized spacial score (nSPS) is 11.0. The molecule has 26 heavy (non-hydrogen) atoms. The van der Waals surface area contributed by atoms with Gasteiger partial charge in [-0.05, 0) is 17.7 Å². The zero-order chi connectivity index (χ0) is 17.9. The van der Waals surface area contributed by atoms with Crippen LogP contribution in [0.5, 0.6) is 5.75 Å². The number of methoxy groups -OCH3 is 1. The van der Waals surface area contributed by atoms with Crippen molar-refractivity contribution in [2.45, 2.75) is 10.8 Å². The van der Waals surface area contributed by atoms with Crippen LogP contribution in [0.4, 0.5) is 0 Å². The number of benzene rings is 2. The van der Waals surface area contributed by atoms with E-state index in [9.17, 15) is 0 Å². The van der Waals surface area contributed by atoms with Gasteiger partial charge in [0.15, 0.2) is 5.65 Å². The molecule has 0 unspecified atom stereocenters. The fourth-order valence-electron chi connectivity index (χ4n) is 2.86. The van der Waals surface area contributed by atoms with Gasteiger partial charge in [-0.25, -0.2) is 15.0 Å². The van der Waals surface area contributed by atoms with Crippen LogP contribution in [0, 0.1) is 0 Å². The van der Waals surface area contributed by atoms with Crippen LogP contribution >= 0.6 is 11.8 Å². The first-order chi connectivity index (χ1) is 12.8. The molecule has 2 aromatic heterocycles. The minimum absolute atomic E-state index is 0.705. The maximum Gasteiger partial charge on any atom is 0.182 e. The maximum atomic E-state index is 5.33. The van der Waals surface area contributed by atoms with Crippen molar-refractivity contribution in [2.24, 2.45) is 7.05 Å². The van der Waals surface area contributed by atoms with Gasteiger partial charge in [-0.15, -0.1) is 0 Å². The second-order valence-electron chi connectivity index (χ2n) is 5.85. The van der Waals surface area contributed by atoms with Crippen molar-refractivity contribution in [2.75, 3.05) is 7.11 Å². The molecule has 0 radical (unpaired) electrons. The molecular weight excluding hydrogens is 344 g/mol. The molecule has 0 N–H and O–H groups in total. The average Bonchev–Trinajstić information content (AvgIpc) is 3.04. The molecule has 2 heterocycles. The minimum atomic E-state index is 0.705. The quantitative estimate of drug-likeness (QED) is 0.391. The Balaban J connectivity index is 1.73. The standard InChI is InChI=1S/C20H18N4OS/c1-24-17-18(23-19(24)15-9-6-10-16(11-15)25-2)21-13-22-20(17)26-12-14-7-4-3-5-8-14/h3-11,13H,12H2,1-2H3. The van der Waals surface area contributed by atoms with Crippen molar-refractivity contribution >= 4 is 22.9 Å². The van der Waals surface area contributed by atoms with Gasteiger partial charge in [0.2, 0.25) is 0 Å². The fourth-order valence-corrected chi connectivity index (χ4v) is 3.84. The summed E-state index contributed by atoms with van der Waals surface area (Å²) in [5, 5.41) is 0.933. The van der Waals surface area contributed by atoms with E-state index in [1.807, 2.05) is 37.4 Å². The molecule has 4 aromatic rings. The van der Waals surface area contributed by atoms with Crippen LogP contribution in [-0.2, 0) is 12.8 Å². The van der Waals surface area contributed by atoms with Gasteiger partial charge in [0.25, 0.3) is 0 Å². The summed E-state index contributed by atoms with van der Waals surface area (Å²) in [4.78, 5) is 13.6. The Hall–Kier alpha value is -2.86. The van der Waals surface area contributed by atoms with Gasteiger partial charge in [-0.1, -0.05) is 54.2 Å². The summed E-state index contributed by atoms with van der Waals surface area (Å²) in [6.07, 6.45) is 1.58. The SMILES string of the molecule is COc1cccc(-c2nc3ncnc(SCc4ccccc4)c3n2C)c1. The number of hydrogen-bond donors (Lipinski definition) is 0. The van der Waals surface area contributed by atoms with E-state index in [1.54, 1.807) is 25.2 Å². The van der Waals surface area contributed by atoms with E-state index in [2.05, 4.69) is 38.8 Å². The summed E-state index contributed by atoms with van der Waals surface area (Å²) >= 11 is 1.70. The predicted molar refractivity (Wildman–Crippen MR) is 104 cm³/mol. The predicted octanol–water partition coefficient (Wildman–Crippen LogP) is 4.33. The highest BCUT2D eigenvalue weighted by Gasteiger charge is 2.16. The Morgan fingerprint density at radius 1 is 1.04 bits per heavy atom. The summed E-state index contributed by atoms with van der Waals surface area (Å²) in [6, 6.07) is 18.3. The number of ether oxygens (including phenoxy) is 1. The molecule has 0 amide bonds. The molecule has 0 aliphatic rings. The summed E-state index contributed by atoms with van der Waals surface area (Å²) < 4.78 is 7.39. The third-order valence-corrected chi connectivity index (χ3v) is 5.23. The van der Waals surface area contributed by atoms with E-state index >= 15 is 0 Å². The Kier molecular flexibility index (Phi) is 4.58. The smallest absolute Gasteiger partial charge is 0.182 e. The van der Waals surface area contributed by atoms with E-state index in [0.717, 1.165) is 33.4 Å². The molecule has 4 rings (SSSR count). The van der Waals surface area contributed by atoms with Gasteiger partial charge >= 0.3 is 0 Å². The van der Waals surface area contributed by atoms with Crippen LogP contribution in [0.15, 0.2) is 66.0 Å². The first kappa shape index (κ1) is 16.6. The number of imidazole rings is 1. The van der Waals surface area contributed by atoms with Crippen LogP contribution in [-0.4, -0.2) is 26.6 Å². The highest BCUT2D eigenvalue weighted by Crippen LogP contribution is 2.31. The number of thioether (sulfide) groups is 1. The molecular formula is C20H18N4OS. The Labute approximate surface area is 156 Å². The van der Waals surface area contributed by atoms with Crippen molar-refractivity contribution in [3.05, 3.63) is 66.5 Å². The number of aromatic nitrogens is 4. The largest absolute Gasteiger partial charge is 0.497 e. The fraction of sp³-hybridized carbons (Fsp3) is 0.150. The number of nitrogens with zero attached hydrogens (tertiary/aromatic N) is 4. The van der Waals surface area contributed by atoms with E-state index < -0.39 is 0 Å². The first-order valence-corrected chi connectivity index (χ1v) is 9.23. The van der Waals surface area contributed by atoms with E-state index in [4.69, 9.17) is 9.72 Å². The lowest BCUT2D eigenvalue weighted by atomic mass is 10.2. The molecule has 2 aromatic carbocycles. The molecule has 0 saturated heterocycles. The lowest BCUT2D eigenvalue weighted by Crippen LogP contribution is -1.95. The highest BCUT2D eigenvalue weighted by atomic mass is 32.2. The number of aryl methyl sites for hydroxylation is 1. The second kappa shape index (κ2) is 7.17. The molecule has 0 aliphatic carbocycles. The number of rotatable bonds is 5. The van der Waals surface area contributed by atoms with Gasteiger partial charge in [-0.2, -0.15) is 0 Å². The summed E-state index contributed by atoms with van der Waals surface area (Å²) in [6.45, 7) is 0. The van der Waals surface area contributed by atoms with Crippen molar-refractivity contribution in [3.8, 4) is 17.1 Å². The molecule has 0 spiro atoms. The molecule has 0 fully saturated rings. The van der Waals surface area contributed by atoms with Gasteiger partial charge in [0.05, 0.1) is 7.11 Å².